The zero-order valence-electron chi connectivity index (χ0n) is 12.5. The molecule has 1 aliphatic carbocycles. The van der Waals surface area contributed by atoms with Crippen LogP contribution >= 0.6 is 0 Å². The van der Waals surface area contributed by atoms with Gasteiger partial charge in [0.15, 0.2) is 0 Å². The molecule has 5 heteroatoms. The minimum atomic E-state index is -0.498. The second kappa shape index (κ2) is 6.37. The van der Waals surface area contributed by atoms with E-state index < -0.39 is 11.5 Å². The van der Waals surface area contributed by atoms with Crippen molar-refractivity contribution in [1.82, 2.24) is 10.6 Å². The van der Waals surface area contributed by atoms with Crippen LogP contribution in [0.5, 0.6) is 0 Å². The van der Waals surface area contributed by atoms with Gasteiger partial charge < -0.3 is 16.4 Å². The maximum atomic E-state index is 12.0. The maximum Gasteiger partial charge on any atom is 0.242 e. The fourth-order valence-corrected chi connectivity index (χ4v) is 2.07. The van der Waals surface area contributed by atoms with E-state index in [0.717, 1.165) is 25.7 Å². The van der Waals surface area contributed by atoms with Crippen LogP contribution in [0.25, 0.3) is 0 Å². The van der Waals surface area contributed by atoms with Gasteiger partial charge >= 0.3 is 0 Å². The summed E-state index contributed by atoms with van der Waals surface area (Å²) in [7, 11) is 0. The smallest absolute Gasteiger partial charge is 0.242 e. The summed E-state index contributed by atoms with van der Waals surface area (Å²) in [5, 5.41) is 5.73. The zero-order chi connectivity index (χ0) is 14.6. The van der Waals surface area contributed by atoms with Crippen molar-refractivity contribution in [2.24, 2.45) is 11.1 Å². The van der Waals surface area contributed by atoms with Gasteiger partial charge in [0.05, 0.1) is 0 Å². The van der Waals surface area contributed by atoms with Crippen molar-refractivity contribution < 1.29 is 9.59 Å². The number of rotatable bonds is 3. The number of amides is 2. The van der Waals surface area contributed by atoms with Gasteiger partial charge in [0.1, 0.15) is 6.04 Å². The number of hydrogen-bond donors (Lipinski definition) is 3. The molecule has 0 aliphatic heterocycles. The molecule has 0 heterocycles. The number of hydrogen-bond acceptors (Lipinski definition) is 3. The molecule has 1 rings (SSSR count). The van der Waals surface area contributed by atoms with Crippen LogP contribution in [0.2, 0.25) is 0 Å². The number of nitrogens with two attached hydrogens (primary N) is 1. The first-order valence-electron chi connectivity index (χ1n) is 7.07. The Morgan fingerprint density at radius 3 is 2.16 bits per heavy atom. The molecule has 0 spiro atoms. The molecule has 1 unspecified atom stereocenters. The van der Waals surface area contributed by atoms with Gasteiger partial charge in [0, 0.05) is 17.5 Å². The predicted molar refractivity (Wildman–Crippen MR) is 75.4 cm³/mol. The van der Waals surface area contributed by atoms with Crippen molar-refractivity contribution in [3.8, 4) is 0 Å². The molecular weight excluding hydrogens is 242 g/mol. The molecule has 0 aromatic carbocycles. The average molecular weight is 269 g/mol. The lowest BCUT2D eigenvalue weighted by Gasteiger charge is -2.28. The van der Waals surface area contributed by atoms with Gasteiger partial charge in [-0.1, -0.05) is 20.8 Å². The lowest BCUT2D eigenvalue weighted by molar-refractivity contribution is -0.133. The van der Waals surface area contributed by atoms with E-state index in [9.17, 15) is 9.59 Å². The summed E-state index contributed by atoms with van der Waals surface area (Å²) in [5.41, 5.74) is 5.35. The molecule has 0 saturated heterocycles. The largest absolute Gasteiger partial charge is 0.352 e. The third-order valence-corrected chi connectivity index (χ3v) is 3.54. The van der Waals surface area contributed by atoms with Gasteiger partial charge in [-0.2, -0.15) is 0 Å². The Labute approximate surface area is 115 Å². The summed E-state index contributed by atoms with van der Waals surface area (Å²) < 4.78 is 0. The maximum absolute atomic E-state index is 12.0. The van der Waals surface area contributed by atoms with Gasteiger partial charge in [-0.05, 0) is 32.6 Å². The van der Waals surface area contributed by atoms with Gasteiger partial charge in [-0.25, -0.2) is 0 Å². The summed E-state index contributed by atoms with van der Waals surface area (Å²) in [6.07, 6.45) is 3.75. The number of carbonyl (C=O) groups is 2. The van der Waals surface area contributed by atoms with Gasteiger partial charge in [-0.15, -0.1) is 0 Å². The van der Waals surface area contributed by atoms with Crippen LogP contribution in [0.4, 0.5) is 0 Å². The van der Waals surface area contributed by atoms with E-state index in [0.29, 0.717) is 0 Å². The molecule has 110 valence electrons. The summed E-state index contributed by atoms with van der Waals surface area (Å²) in [5.74, 6) is -0.223. The highest BCUT2D eigenvalue weighted by Crippen LogP contribution is 2.17. The second-order valence-corrected chi connectivity index (χ2v) is 6.57. The lowest BCUT2D eigenvalue weighted by Crippen LogP contribution is -2.51. The van der Waals surface area contributed by atoms with Crippen LogP contribution < -0.4 is 16.4 Å². The number of nitrogens with one attached hydrogen (secondary N) is 2. The minimum absolute atomic E-state index is 0.110. The van der Waals surface area contributed by atoms with E-state index in [1.165, 1.54) is 0 Å². The van der Waals surface area contributed by atoms with Crippen molar-refractivity contribution in [2.75, 3.05) is 0 Å². The molecule has 1 aliphatic rings. The third kappa shape index (κ3) is 5.19. The summed E-state index contributed by atoms with van der Waals surface area (Å²) in [4.78, 5) is 23.8. The van der Waals surface area contributed by atoms with Crippen molar-refractivity contribution >= 4 is 11.8 Å². The second-order valence-electron chi connectivity index (χ2n) is 6.57. The molecule has 1 atom stereocenters. The van der Waals surface area contributed by atoms with E-state index in [-0.39, 0.29) is 23.9 Å². The highest BCUT2D eigenvalue weighted by atomic mass is 16.2. The number of carbonyl (C=O) groups excluding carboxylic acids is 2. The topological polar surface area (TPSA) is 84.2 Å². The average Bonchev–Trinajstić information content (AvgIpc) is 2.30. The molecule has 0 radical (unpaired) electrons. The fourth-order valence-electron chi connectivity index (χ4n) is 2.07. The first kappa shape index (κ1) is 16.0. The van der Waals surface area contributed by atoms with E-state index in [1.54, 1.807) is 6.92 Å². The Morgan fingerprint density at radius 2 is 1.68 bits per heavy atom. The van der Waals surface area contributed by atoms with Crippen molar-refractivity contribution in [3.63, 3.8) is 0 Å². The quantitative estimate of drug-likeness (QED) is 0.712. The standard InChI is InChI=1S/C14H27N3O2/c1-9(16-13(19)14(2,3)4)12(18)17-11-7-5-10(15)6-8-11/h9-11H,5-8,15H2,1-4H3,(H,16,19)(H,17,18). The van der Waals surface area contributed by atoms with Crippen molar-refractivity contribution in [2.45, 2.75) is 71.5 Å². The predicted octanol–water partition coefficient (Wildman–Crippen LogP) is 0.923. The van der Waals surface area contributed by atoms with Crippen LogP contribution in [-0.2, 0) is 9.59 Å². The van der Waals surface area contributed by atoms with E-state index >= 15 is 0 Å². The monoisotopic (exact) mass is 269 g/mol. The Morgan fingerprint density at radius 1 is 1.16 bits per heavy atom. The molecule has 0 aromatic rings. The Balaban J connectivity index is 2.39. The van der Waals surface area contributed by atoms with Crippen LogP contribution in [-0.4, -0.2) is 29.9 Å². The highest BCUT2D eigenvalue weighted by Gasteiger charge is 2.27. The summed E-state index contributed by atoms with van der Waals surface area (Å²) >= 11 is 0. The molecule has 0 aromatic heterocycles. The van der Waals surface area contributed by atoms with E-state index in [2.05, 4.69) is 10.6 Å². The van der Waals surface area contributed by atoms with Gasteiger partial charge in [-0.3, -0.25) is 9.59 Å². The lowest BCUT2D eigenvalue weighted by atomic mass is 9.91. The van der Waals surface area contributed by atoms with Crippen molar-refractivity contribution in [1.29, 1.82) is 0 Å². The van der Waals surface area contributed by atoms with Gasteiger partial charge in [0.25, 0.3) is 0 Å². The minimum Gasteiger partial charge on any atom is -0.352 e. The molecule has 5 nitrogen and oxygen atoms in total. The first-order chi connectivity index (χ1) is 8.70. The third-order valence-electron chi connectivity index (χ3n) is 3.54. The molecule has 4 N–H and O–H groups in total. The van der Waals surface area contributed by atoms with Crippen LogP contribution in [0, 0.1) is 5.41 Å². The summed E-state index contributed by atoms with van der Waals surface area (Å²) in [6, 6.07) is -0.0326. The van der Waals surface area contributed by atoms with Crippen molar-refractivity contribution in [3.05, 3.63) is 0 Å². The Hall–Kier alpha value is -1.10. The Kier molecular flexibility index (Phi) is 5.35. The highest BCUT2D eigenvalue weighted by molar-refractivity contribution is 5.89. The molecule has 19 heavy (non-hydrogen) atoms. The van der Waals surface area contributed by atoms with Crippen LogP contribution in [0.1, 0.15) is 53.4 Å². The van der Waals surface area contributed by atoms with Crippen LogP contribution in [0.3, 0.4) is 0 Å². The normalized spacial score (nSPS) is 25.5. The molecule has 0 bridgehead atoms. The fraction of sp³-hybridized carbons (Fsp3) is 0.857. The Bertz CT molecular complexity index is 328. The van der Waals surface area contributed by atoms with E-state index in [4.69, 9.17) is 5.73 Å². The first-order valence-corrected chi connectivity index (χ1v) is 7.07. The SMILES string of the molecule is CC(NC(=O)C(C)(C)C)C(=O)NC1CCC(N)CC1. The molecule has 1 saturated carbocycles. The molecule has 1 fully saturated rings. The molecule has 2 amide bonds. The zero-order valence-corrected chi connectivity index (χ0v) is 12.5. The van der Waals surface area contributed by atoms with E-state index in [1.807, 2.05) is 20.8 Å². The molecular formula is C14H27N3O2. The summed E-state index contributed by atoms with van der Waals surface area (Å²) in [6.45, 7) is 7.20. The van der Waals surface area contributed by atoms with Crippen LogP contribution in [0.15, 0.2) is 0 Å². The van der Waals surface area contributed by atoms with Gasteiger partial charge in [0.2, 0.25) is 11.8 Å².